The van der Waals surface area contributed by atoms with Gasteiger partial charge in [0.2, 0.25) is 0 Å². The number of aromatic nitrogens is 4. The smallest absolute Gasteiger partial charge is 0.333 e. The van der Waals surface area contributed by atoms with Gasteiger partial charge in [-0.25, -0.2) is 23.1 Å². The van der Waals surface area contributed by atoms with E-state index in [1.54, 1.807) is 46.1 Å². The van der Waals surface area contributed by atoms with Crippen LogP contribution in [0.25, 0.3) is 0 Å². The lowest BCUT2D eigenvalue weighted by Gasteiger charge is -2.21. The molecule has 60 heavy (non-hydrogen) atoms. The molecular weight excluding hydrogens is 856 g/mol. The van der Waals surface area contributed by atoms with Gasteiger partial charge >= 0.3 is 6.03 Å². The summed E-state index contributed by atoms with van der Waals surface area (Å²) in [5.74, 6) is 1.34. The van der Waals surface area contributed by atoms with E-state index in [9.17, 15) is 31.8 Å². The third kappa shape index (κ3) is 16.3. The highest BCUT2D eigenvalue weighted by Crippen LogP contribution is 2.38. The van der Waals surface area contributed by atoms with Crippen LogP contribution in [0.4, 0.5) is 10.5 Å². The summed E-state index contributed by atoms with van der Waals surface area (Å²) < 4.78 is 56.6. The van der Waals surface area contributed by atoms with E-state index in [1.165, 1.54) is 33.9 Å². The number of nitriles is 1. The summed E-state index contributed by atoms with van der Waals surface area (Å²) in [5, 5.41) is 43.9. The lowest BCUT2D eigenvalue weighted by molar-refractivity contribution is 0.0567. The molecule has 0 radical (unpaired) electrons. The second-order valence-corrected chi connectivity index (χ2v) is 20.6. The molecule has 0 unspecified atom stereocenters. The standard InChI is InChI=1S/C20H29ClN4O4S.C13H16ClNO.C7H13N3O3S/c1-12(2)15-9-14(21)10-16(13(3)4)18(15)22-19(26)24-30(28,29)17-7-8-25(23-17)11-20(5,6)27;1-8(2)11-5-10(14)6-12(9(3)4)13(11)16-7-15;1-7(2,11)5-10-4-3-6(9-10)14(8,12)13/h7-10,12-13,27H,11H2,1-6H3,(H2,22,24,26);5-6,8-9H,1-4H3;3-4,11H,5H2,1-2H3,(H2,8,12,13). The minimum atomic E-state index is -4.19. The molecule has 6 N–H and O–H groups in total. The number of nitrogens with two attached hydrogens (primary N) is 1. The number of hydrogen-bond donors (Lipinski definition) is 5. The first-order valence-corrected chi connectivity index (χ1v) is 22.7. The second kappa shape index (κ2) is 21.0. The topological polar surface area (TPSA) is 245 Å². The number of carbonyl (C=O) groups is 1. The number of nitrogens with zero attached hydrogens (tertiary/aromatic N) is 5. The quantitative estimate of drug-likeness (QED) is 0.0810. The number of primary sulfonamides is 1. The van der Waals surface area contributed by atoms with Crippen LogP contribution < -0.4 is 19.9 Å². The normalized spacial score (nSPS) is 12.1. The zero-order valence-electron chi connectivity index (χ0n) is 36.1. The first kappa shape index (κ1) is 51.9. The summed E-state index contributed by atoms with van der Waals surface area (Å²) in [7, 11) is -7.94. The number of urea groups is 1. The molecule has 0 aliphatic heterocycles. The molecule has 20 heteroatoms. The maximum absolute atomic E-state index is 12.6. The highest BCUT2D eigenvalue weighted by Gasteiger charge is 2.25. The van der Waals surface area contributed by atoms with Crippen molar-refractivity contribution in [3.8, 4) is 12.0 Å². The molecule has 0 saturated heterocycles. The number of ether oxygens (including phenoxy) is 1. The van der Waals surface area contributed by atoms with E-state index in [1.807, 2.05) is 44.5 Å². The molecule has 0 fully saturated rings. The molecule has 2 aromatic heterocycles. The Hall–Kier alpha value is -4.22. The zero-order valence-corrected chi connectivity index (χ0v) is 39.2. The number of nitrogens with one attached hydrogen (secondary N) is 2. The van der Waals surface area contributed by atoms with Gasteiger partial charge in [0.15, 0.2) is 10.1 Å². The number of anilines is 1. The van der Waals surface area contributed by atoms with Crippen LogP contribution in [-0.2, 0) is 33.1 Å². The van der Waals surface area contributed by atoms with Crippen LogP contribution in [0, 0.1) is 11.5 Å². The van der Waals surface area contributed by atoms with E-state index < -0.39 is 37.3 Å². The van der Waals surface area contributed by atoms with Crippen molar-refractivity contribution in [3.05, 3.63) is 81.1 Å². The van der Waals surface area contributed by atoms with Crippen LogP contribution in [0.5, 0.6) is 5.75 Å². The molecule has 0 aliphatic rings. The van der Waals surface area contributed by atoms with Gasteiger partial charge in [0, 0.05) is 39.3 Å². The van der Waals surface area contributed by atoms with Crippen LogP contribution in [0.2, 0.25) is 10.0 Å². The molecule has 4 rings (SSSR count). The van der Waals surface area contributed by atoms with Crippen LogP contribution in [0.3, 0.4) is 0 Å². The minimum absolute atomic E-state index is 0.0608. The van der Waals surface area contributed by atoms with Gasteiger partial charge in [-0.05, 0) is 98.9 Å². The molecule has 0 aliphatic carbocycles. The summed E-state index contributed by atoms with van der Waals surface area (Å²) in [6.07, 6.45) is 4.63. The summed E-state index contributed by atoms with van der Waals surface area (Å²) in [6, 6.07) is 8.93. The van der Waals surface area contributed by atoms with Crippen molar-refractivity contribution in [1.82, 2.24) is 24.3 Å². The van der Waals surface area contributed by atoms with Gasteiger partial charge in [-0.2, -0.15) is 18.6 Å². The molecule has 2 aromatic carbocycles. The van der Waals surface area contributed by atoms with Crippen molar-refractivity contribution >= 4 is 55.0 Å². The fraction of sp³-hybridized carbons (Fsp3) is 0.500. The Kier molecular flexibility index (Phi) is 18.2. The second-order valence-electron chi connectivity index (χ2n) is 16.6. The number of aliphatic hydroxyl groups is 2. The van der Waals surface area contributed by atoms with E-state index in [-0.39, 0.29) is 46.8 Å². The SMILES string of the molecule is CC(C)(O)Cn1ccc(S(N)(=O)=O)n1.CC(C)c1cc(Cl)cc(C(C)C)c1NC(=O)NS(=O)(=O)c1ccn(CC(C)(C)O)n1.CC(C)c1cc(Cl)cc(C(C)C)c1OC#N. The van der Waals surface area contributed by atoms with Crippen molar-refractivity contribution in [1.29, 1.82) is 5.26 Å². The lowest BCUT2D eigenvalue weighted by atomic mass is 9.92. The fourth-order valence-corrected chi connectivity index (χ4v) is 7.42. The molecule has 0 atom stereocenters. The van der Waals surface area contributed by atoms with Gasteiger partial charge in [-0.15, -0.1) is 5.26 Å². The average molecular weight is 914 g/mol. The first-order valence-electron chi connectivity index (χ1n) is 19.0. The van der Waals surface area contributed by atoms with Gasteiger partial charge in [0.25, 0.3) is 26.3 Å². The third-order valence-electron chi connectivity index (χ3n) is 8.27. The Morgan fingerprint density at radius 1 is 0.767 bits per heavy atom. The summed E-state index contributed by atoms with van der Waals surface area (Å²) in [4.78, 5) is 12.6. The summed E-state index contributed by atoms with van der Waals surface area (Å²) in [6.45, 7) is 22.8. The lowest BCUT2D eigenvalue weighted by Crippen LogP contribution is -2.35. The van der Waals surface area contributed by atoms with E-state index in [4.69, 9.17) is 38.3 Å². The molecule has 0 bridgehead atoms. The highest BCUT2D eigenvalue weighted by atomic mass is 35.5. The van der Waals surface area contributed by atoms with Gasteiger partial charge in [-0.3, -0.25) is 9.36 Å². The Morgan fingerprint density at radius 2 is 1.13 bits per heavy atom. The fourth-order valence-electron chi connectivity index (χ4n) is 5.63. The molecule has 4 aromatic rings. The minimum Gasteiger partial charge on any atom is -0.389 e. The van der Waals surface area contributed by atoms with Gasteiger partial charge in [0.1, 0.15) is 5.75 Å². The van der Waals surface area contributed by atoms with Crippen molar-refractivity contribution in [3.63, 3.8) is 0 Å². The van der Waals surface area contributed by atoms with Crippen LogP contribution in [-0.4, -0.2) is 63.8 Å². The molecule has 332 valence electrons. The van der Waals surface area contributed by atoms with Gasteiger partial charge in [-0.1, -0.05) is 78.6 Å². The zero-order chi connectivity index (χ0) is 46.1. The Labute approximate surface area is 364 Å². The van der Waals surface area contributed by atoms with E-state index in [2.05, 4.69) is 43.2 Å². The van der Waals surface area contributed by atoms with Gasteiger partial charge in [0.05, 0.1) is 24.3 Å². The number of halogens is 2. The Balaban J connectivity index is 0.000000346. The molecule has 2 heterocycles. The monoisotopic (exact) mass is 912 g/mol. The third-order valence-corrected chi connectivity index (χ3v) is 10.7. The number of benzene rings is 2. The maximum Gasteiger partial charge on any atom is 0.333 e. The molecule has 16 nitrogen and oxygen atoms in total. The van der Waals surface area contributed by atoms with Crippen molar-refractivity contribution in [2.24, 2.45) is 5.14 Å². The van der Waals surface area contributed by atoms with E-state index in [0.717, 1.165) is 22.3 Å². The Morgan fingerprint density at radius 3 is 1.47 bits per heavy atom. The van der Waals surface area contributed by atoms with Crippen LogP contribution >= 0.6 is 23.2 Å². The van der Waals surface area contributed by atoms with Crippen molar-refractivity contribution in [2.45, 2.75) is 141 Å². The van der Waals surface area contributed by atoms with Crippen LogP contribution in [0.1, 0.15) is 129 Å². The van der Waals surface area contributed by atoms with Crippen molar-refractivity contribution < 1.29 is 36.6 Å². The Bertz CT molecular complexity index is 2300. The predicted molar refractivity (Wildman–Crippen MR) is 233 cm³/mol. The first-order chi connectivity index (χ1) is 27.3. The highest BCUT2D eigenvalue weighted by molar-refractivity contribution is 7.90. The number of hydrogen-bond acceptors (Lipinski definition) is 11. The van der Waals surface area contributed by atoms with Crippen molar-refractivity contribution in [2.75, 3.05) is 5.32 Å². The largest absolute Gasteiger partial charge is 0.389 e. The predicted octanol–water partition coefficient (Wildman–Crippen LogP) is 7.81. The molecule has 0 saturated carbocycles. The number of rotatable bonds is 13. The number of amides is 2. The van der Waals surface area contributed by atoms with E-state index >= 15 is 0 Å². The molecular formula is C40H58Cl2N8O8S2. The number of sulfonamides is 2. The number of carbonyl (C=O) groups excluding carboxylic acids is 1. The molecule has 0 spiro atoms. The van der Waals surface area contributed by atoms with E-state index in [0.29, 0.717) is 21.5 Å². The average Bonchev–Trinajstić information content (AvgIpc) is 3.75. The van der Waals surface area contributed by atoms with Crippen LogP contribution in [0.15, 0.2) is 58.8 Å². The summed E-state index contributed by atoms with van der Waals surface area (Å²) >= 11 is 12.3. The summed E-state index contributed by atoms with van der Waals surface area (Å²) in [5.41, 5.74) is 2.13. The van der Waals surface area contributed by atoms with Gasteiger partial charge < -0.3 is 20.3 Å². The molecule has 2 amide bonds. The maximum atomic E-state index is 12.6.